The molecule has 19 heavy (non-hydrogen) atoms. The average Bonchev–Trinajstić information content (AvgIpc) is 2.69. The van der Waals surface area contributed by atoms with Gasteiger partial charge in [0.25, 0.3) is 0 Å². The van der Waals surface area contributed by atoms with E-state index in [9.17, 15) is 9.59 Å². The number of aromatic nitrogens is 1. The summed E-state index contributed by atoms with van der Waals surface area (Å²) in [4.78, 5) is 22.7. The highest BCUT2D eigenvalue weighted by Crippen LogP contribution is 2.15. The Morgan fingerprint density at radius 3 is 3.00 bits per heavy atom. The molecule has 2 aromatic rings. The molecule has 6 nitrogen and oxygen atoms in total. The molecule has 1 aromatic carbocycles. The van der Waals surface area contributed by atoms with Gasteiger partial charge in [-0.25, -0.2) is 4.79 Å². The number of carbonyl (C=O) groups excluding carboxylic acids is 1. The normalized spacial score (nSPS) is 10.8. The summed E-state index contributed by atoms with van der Waals surface area (Å²) < 4.78 is 11.6. The first-order chi connectivity index (χ1) is 9.11. The van der Waals surface area contributed by atoms with Crippen molar-refractivity contribution in [3.63, 3.8) is 0 Å². The van der Waals surface area contributed by atoms with Crippen LogP contribution in [0.4, 0.5) is 0 Å². The molecule has 0 bridgehead atoms. The van der Waals surface area contributed by atoms with Crippen LogP contribution in [0.25, 0.3) is 11.1 Å². The summed E-state index contributed by atoms with van der Waals surface area (Å²) in [7, 11) is 3.41. The van der Waals surface area contributed by atoms with Gasteiger partial charge in [-0.3, -0.25) is 9.36 Å². The number of hydrogen-bond acceptors (Lipinski definition) is 5. The lowest BCUT2D eigenvalue weighted by molar-refractivity contribution is -0.144. The van der Waals surface area contributed by atoms with E-state index in [4.69, 9.17) is 9.15 Å². The van der Waals surface area contributed by atoms with Crippen LogP contribution in [0, 0.1) is 0 Å². The highest BCUT2D eigenvalue weighted by atomic mass is 16.5. The number of benzene rings is 1. The Kier molecular flexibility index (Phi) is 4.01. The van der Waals surface area contributed by atoms with Gasteiger partial charge in [0.15, 0.2) is 5.58 Å². The third-order valence-corrected chi connectivity index (χ3v) is 2.83. The minimum Gasteiger partial charge on any atom is -0.461 e. The van der Waals surface area contributed by atoms with Crippen molar-refractivity contribution in [3.05, 3.63) is 34.3 Å². The number of aryl methyl sites for hydroxylation is 1. The van der Waals surface area contributed by atoms with Crippen LogP contribution >= 0.6 is 0 Å². The van der Waals surface area contributed by atoms with E-state index in [1.54, 1.807) is 32.3 Å². The molecule has 1 heterocycles. The summed E-state index contributed by atoms with van der Waals surface area (Å²) in [5.41, 5.74) is 2.04. The summed E-state index contributed by atoms with van der Waals surface area (Å²) in [6.07, 6.45) is 0.336. The predicted molar refractivity (Wildman–Crippen MR) is 69.8 cm³/mol. The molecule has 0 fully saturated rings. The summed E-state index contributed by atoms with van der Waals surface area (Å²) >= 11 is 0. The Morgan fingerprint density at radius 2 is 2.26 bits per heavy atom. The number of nitrogens with one attached hydrogen (secondary N) is 1. The van der Waals surface area contributed by atoms with Crippen LogP contribution in [-0.2, 0) is 23.2 Å². The van der Waals surface area contributed by atoms with Gasteiger partial charge in [-0.15, -0.1) is 0 Å². The lowest BCUT2D eigenvalue weighted by atomic mass is 10.2. The molecule has 0 saturated heterocycles. The molecule has 1 N–H and O–H groups in total. The van der Waals surface area contributed by atoms with Gasteiger partial charge in [-0.2, -0.15) is 0 Å². The lowest BCUT2D eigenvalue weighted by Crippen LogP contribution is -2.14. The second-order valence-electron chi connectivity index (χ2n) is 4.24. The fourth-order valence-electron chi connectivity index (χ4n) is 1.73. The molecular formula is C13H16N2O4. The van der Waals surface area contributed by atoms with Gasteiger partial charge in [0.2, 0.25) is 0 Å². The number of rotatable bonds is 5. The van der Waals surface area contributed by atoms with E-state index < -0.39 is 5.76 Å². The van der Waals surface area contributed by atoms with Crippen molar-refractivity contribution >= 4 is 17.1 Å². The Morgan fingerprint density at radius 1 is 1.47 bits per heavy atom. The number of ether oxygens (including phenoxy) is 1. The van der Waals surface area contributed by atoms with Crippen LogP contribution in [-0.4, -0.2) is 24.1 Å². The third-order valence-electron chi connectivity index (χ3n) is 2.83. The third kappa shape index (κ3) is 3.03. The summed E-state index contributed by atoms with van der Waals surface area (Å²) in [5.74, 6) is -0.659. The van der Waals surface area contributed by atoms with E-state index in [2.05, 4.69) is 5.32 Å². The minimum atomic E-state index is -0.404. The number of hydrogen-bond donors (Lipinski definition) is 1. The first-order valence-corrected chi connectivity index (χ1v) is 6.00. The topological polar surface area (TPSA) is 73.5 Å². The maximum atomic E-state index is 11.4. The van der Waals surface area contributed by atoms with Crippen molar-refractivity contribution in [1.82, 2.24) is 9.88 Å². The largest absolute Gasteiger partial charge is 0.461 e. The summed E-state index contributed by atoms with van der Waals surface area (Å²) in [6.45, 7) is 0.784. The van der Waals surface area contributed by atoms with E-state index in [0.29, 0.717) is 24.1 Å². The SMILES string of the molecule is CNCCC(=O)OCc1ccc2oc(=O)n(C)c2c1. The highest BCUT2D eigenvalue weighted by molar-refractivity contribution is 5.74. The van der Waals surface area contributed by atoms with Crippen molar-refractivity contribution in [2.75, 3.05) is 13.6 Å². The van der Waals surface area contributed by atoms with E-state index in [0.717, 1.165) is 5.56 Å². The average molecular weight is 264 g/mol. The van der Waals surface area contributed by atoms with Crippen molar-refractivity contribution in [2.45, 2.75) is 13.0 Å². The molecule has 0 aliphatic rings. The van der Waals surface area contributed by atoms with Crippen LogP contribution in [0.5, 0.6) is 0 Å². The number of carbonyl (C=O) groups is 1. The first-order valence-electron chi connectivity index (χ1n) is 6.00. The number of fused-ring (bicyclic) bond motifs is 1. The standard InChI is InChI=1S/C13H16N2O4/c1-14-6-5-12(16)18-8-9-3-4-11-10(7-9)15(2)13(17)19-11/h3-4,7,14H,5-6,8H2,1-2H3. The molecule has 2 rings (SSSR count). The molecule has 6 heteroatoms. The molecule has 0 aliphatic heterocycles. The molecule has 0 radical (unpaired) electrons. The Balaban J connectivity index is 2.07. The van der Waals surface area contributed by atoms with Crippen molar-refractivity contribution < 1.29 is 13.9 Å². The second-order valence-corrected chi connectivity index (χ2v) is 4.24. The quantitative estimate of drug-likeness (QED) is 0.808. The van der Waals surface area contributed by atoms with Crippen LogP contribution in [0.2, 0.25) is 0 Å². The fourth-order valence-corrected chi connectivity index (χ4v) is 1.73. The van der Waals surface area contributed by atoms with Gasteiger partial charge in [0.1, 0.15) is 6.61 Å². The highest BCUT2D eigenvalue weighted by Gasteiger charge is 2.08. The maximum absolute atomic E-state index is 11.4. The number of nitrogens with zero attached hydrogens (tertiary/aromatic N) is 1. The molecule has 0 spiro atoms. The smallest absolute Gasteiger partial charge is 0.419 e. The molecular weight excluding hydrogens is 248 g/mol. The Labute approximate surface area is 110 Å². The van der Waals surface area contributed by atoms with Gasteiger partial charge in [-0.1, -0.05) is 6.07 Å². The minimum absolute atomic E-state index is 0.192. The zero-order valence-electron chi connectivity index (χ0n) is 10.9. The fraction of sp³-hybridized carbons (Fsp3) is 0.385. The van der Waals surface area contributed by atoms with E-state index in [1.165, 1.54) is 4.57 Å². The van der Waals surface area contributed by atoms with E-state index in [1.807, 2.05) is 0 Å². The van der Waals surface area contributed by atoms with E-state index >= 15 is 0 Å². The summed E-state index contributed by atoms with van der Waals surface area (Å²) in [6, 6.07) is 5.26. The molecule has 0 aliphatic carbocycles. The van der Waals surface area contributed by atoms with Gasteiger partial charge < -0.3 is 14.5 Å². The zero-order valence-corrected chi connectivity index (χ0v) is 10.9. The molecule has 0 amide bonds. The van der Waals surface area contributed by atoms with E-state index in [-0.39, 0.29) is 12.6 Å². The monoisotopic (exact) mass is 264 g/mol. The second kappa shape index (κ2) is 5.71. The summed E-state index contributed by atoms with van der Waals surface area (Å²) in [5, 5.41) is 2.88. The first kappa shape index (κ1) is 13.4. The molecule has 0 unspecified atom stereocenters. The van der Waals surface area contributed by atoms with Gasteiger partial charge in [0.05, 0.1) is 11.9 Å². The Bertz CT molecular complexity index is 642. The number of oxazole rings is 1. The lowest BCUT2D eigenvalue weighted by Gasteiger charge is -2.05. The van der Waals surface area contributed by atoms with Crippen LogP contribution in [0.3, 0.4) is 0 Å². The maximum Gasteiger partial charge on any atom is 0.419 e. The predicted octanol–water partition coefficient (Wildman–Crippen LogP) is 0.784. The van der Waals surface area contributed by atoms with Crippen LogP contribution < -0.4 is 11.1 Å². The van der Waals surface area contributed by atoms with Gasteiger partial charge in [-0.05, 0) is 24.7 Å². The van der Waals surface area contributed by atoms with Crippen LogP contribution in [0.15, 0.2) is 27.4 Å². The molecule has 1 aromatic heterocycles. The molecule has 0 saturated carbocycles. The van der Waals surface area contributed by atoms with Gasteiger partial charge in [0, 0.05) is 13.6 Å². The van der Waals surface area contributed by atoms with Crippen molar-refractivity contribution in [3.8, 4) is 0 Å². The zero-order chi connectivity index (χ0) is 13.8. The van der Waals surface area contributed by atoms with Gasteiger partial charge >= 0.3 is 11.7 Å². The van der Waals surface area contributed by atoms with Crippen molar-refractivity contribution in [1.29, 1.82) is 0 Å². The van der Waals surface area contributed by atoms with Crippen LogP contribution in [0.1, 0.15) is 12.0 Å². The Hall–Kier alpha value is -2.08. The molecule has 0 atom stereocenters. The molecule has 102 valence electrons. The number of esters is 1. The van der Waals surface area contributed by atoms with Crippen molar-refractivity contribution in [2.24, 2.45) is 7.05 Å².